The fourth-order valence-corrected chi connectivity index (χ4v) is 3.24. The van der Waals surface area contributed by atoms with E-state index in [9.17, 15) is 4.79 Å². The zero-order valence-electron chi connectivity index (χ0n) is 12.3. The van der Waals surface area contributed by atoms with Gasteiger partial charge in [0.15, 0.2) is 5.78 Å². The molecule has 0 N–H and O–H groups in total. The number of hydrogen-bond acceptors (Lipinski definition) is 3. The molecule has 0 aliphatic carbocycles. The SMILES string of the molecule is COc1ccc2ccccc2c1C(=O)CSc1ccccc1. The molecular formula is C19H16O2S. The monoisotopic (exact) mass is 308 g/mol. The molecule has 3 rings (SSSR count). The summed E-state index contributed by atoms with van der Waals surface area (Å²) in [5.74, 6) is 1.12. The largest absolute Gasteiger partial charge is 0.496 e. The van der Waals surface area contributed by atoms with E-state index in [1.165, 1.54) is 0 Å². The van der Waals surface area contributed by atoms with Crippen LogP contribution in [0, 0.1) is 0 Å². The summed E-state index contributed by atoms with van der Waals surface area (Å²) >= 11 is 1.55. The lowest BCUT2D eigenvalue weighted by Crippen LogP contribution is -2.06. The lowest BCUT2D eigenvalue weighted by molar-refractivity contribution is 0.102. The van der Waals surface area contributed by atoms with Gasteiger partial charge in [-0.15, -0.1) is 11.8 Å². The predicted octanol–water partition coefficient (Wildman–Crippen LogP) is 4.82. The van der Waals surface area contributed by atoms with Crippen molar-refractivity contribution in [1.82, 2.24) is 0 Å². The van der Waals surface area contributed by atoms with Crippen molar-refractivity contribution in [3.05, 3.63) is 72.3 Å². The van der Waals surface area contributed by atoms with Crippen LogP contribution in [0.3, 0.4) is 0 Å². The molecule has 0 atom stereocenters. The van der Waals surface area contributed by atoms with Crippen LogP contribution < -0.4 is 4.74 Å². The Hall–Kier alpha value is -2.26. The Morgan fingerprint density at radius 1 is 0.955 bits per heavy atom. The Morgan fingerprint density at radius 2 is 1.68 bits per heavy atom. The first kappa shape index (κ1) is 14.7. The van der Waals surface area contributed by atoms with Gasteiger partial charge in [-0.1, -0.05) is 48.5 Å². The van der Waals surface area contributed by atoms with Crippen molar-refractivity contribution in [2.75, 3.05) is 12.9 Å². The molecule has 0 aliphatic rings. The van der Waals surface area contributed by atoms with Crippen molar-refractivity contribution in [1.29, 1.82) is 0 Å². The van der Waals surface area contributed by atoms with Crippen LogP contribution in [0.25, 0.3) is 10.8 Å². The van der Waals surface area contributed by atoms with E-state index in [-0.39, 0.29) is 5.78 Å². The molecular weight excluding hydrogens is 292 g/mol. The van der Waals surface area contributed by atoms with E-state index in [4.69, 9.17) is 4.74 Å². The summed E-state index contributed by atoms with van der Waals surface area (Å²) in [6.07, 6.45) is 0. The molecule has 0 saturated heterocycles. The second-order valence-electron chi connectivity index (χ2n) is 4.89. The third-order valence-electron chi connectivity index (χ3n) is 3.50. The zero-order valence-corrected chi connectivity index (χ0v) is 13.1. The van der Waals surface area contributed by atoms with Crippen LogP contribution in [0.15, 0.2) is 71.6 Å². The highest BCUT2D eigenvalue weighted by Crippen LogP contribution is 2.30. The number of benzene rings is 3. The molecule has 2 nitrogen and oxygen atoms in total. The molecule has 0 amide bonds. The average Bonchev–Trinajstić information content (AvgIpc) is 2.59. The number of thioether (sulfide) groups is 1. The minimum atomic E-state index is 0.0857. The maximum atomic E-state index is 12.7. The van der Waals surface area contributed by atoms with Gasteiger partial charge in [0, 0.05) is 4.90 Å². The third kappa shape index (κ3) is 3.00. The van der Waals surface area contributed by atoms with Crippen LogP contribution in [0.2, 0.25) is 0 Å². The Morgan fingerprint density at radius 3 is 2.45 bits per heavy atom. The van der Waals surface area contributed by atoms with Crippen molar-refractivity contribution in [3.8, 4) is 5.75 Å². The van der Waals surface area contributed by atoms with Crippen molar-refractivity contribution in [2.24, 2.45) is 0 Å². The van der Waals surface area contributed by atoms with E-state index in [1.807, 2.05) is 66.7 Å². The van der Waals surface area contributed by atoms with Crippen LogP contribution >= 0.6 is 11.8 Å². The number of hydrogen-bond donors (Lipinski definition) is 0. The molecule has 0 heterocycles. The molecule has 0 aliphatic heterocycles. The summed E-state index contributed by atoms with van der Waals surface area (Å²) < 4.78 is 5.40. The molecule has 22 heavy (non-hydrogen) atoms. The number of ether oxygens (including phenoxy) is 1. The molecule has 0 saturated carbocycles. The van der Waals surface area contributed by atoms with E-state index in [2.05, 4.69) is 0 Å². The first-order valence-electron chi connectivity index (χ1n) is 7.06. The fraction of sp³-hybridized carbons (Fsp3) is 0.105. The summed E-state index contributed by atoms with van der Waals surface area (Å²) in [6.45, 7) is 0. The average molecular weight is 308 g/mol. The quantitative estimate of drug-likeness (QED) is 0.499. The van der Waals surface area contributed by atoms with Crippen molar-refractivity contribution >= 4 is 28.3 Å². The normalized spacial score (nSPS) is 10.6. The smallest absolute Gasteiger partial charge is 0.177 e. The number of carbonyl (C=O) groups is 1. The summed E-state index contributed by atoms with van der Waals surface area (Å²) in [7, 11) is 1.60. The fourth-order valence-electron chi connectivity index (χ4n) is 2.45. The van der Waals surface area contributed by atoms with Crippen LogP contribution in [-0.2, 0) is 0 Å². The number of ketones is 1. The molecule has 0 fully saturated rings. The van der Waals surface area contributed by atoms with Gasteiger partial charge in [0.25, 0.3) is 0 Å². The minimum absolute atomic E-state index is 0.0857. The standard InChI is InChI=1S/C19H16O2S/c1-21-18-12-11-14-7-5-6-10-16(14)19(18)17(20)13-22-15-8-3-2-4-9-15/h2-12H,13H2,1H3. The lowest BCUT2D eigenvalue weighted by Gasteiger charge is -2.11. The molecule has 0 radical (unpaired) electrons. The zero-order chi connectivity index (χ0) is 15.4. The van der Waals surface area contributed by atoms with E-state index in [0.29, 0.717) is 17.1 Å². The Kier molecular flexibility index (Phi) is 4.45. The van der Waals surface area contributed by atoms with E-state index < -0.39 is 0 Å². The highest BCUT2D eigenvalue weighted by atomic mass is 32.2. The second-order valence-corrected chi connectivity index (χ2v) is 5.94. The highest BCUT2D eigenvalue weighted by Gasteiger charge is 2.16. The van der Waals surface area contributed by atoms with Crippen molar-refractivity contribution < 1.29 is 9.53 Å². The lowest BCUT2D eigenvalue weighted by atomic mass is 10.0. The minimum Gasteiger partial charge on any atom is -0.496 e. The maximum Gasteiger partial charge on any atom is 0.177 e. The Bertz CT molecular complexity index is 797. The summed E-state index contributed by atoms with van der Waals surface area (Å²) in [5.41, 5.74) is 0.670. The van der Waals surface area contributed by atoms with Gasteiger partial charge < -0.3 is 4.74 Å². The van der Waals surface area contributed by atoms with Gasteiger partial charge in [0.05, 0.1) is 18.4 Å². The molecule has 0 bridgehead atoms. The molecule has 3 aromatic carbocycles. The van der Waals surface area contributed by atoms with Gasteiger partial charge in [-0.2, -0.15) is 0 Å². The van der Waals surface area contributed by atoms with Crippen LogP contribution in [0.1, 0.15) is 10.4 Å². The number of fused-ring (bicyclic) bond motifs is 1. The molecule has 3 aromatic rings. The van der Waals surface area contributed by atoms with Crippen molar-refractivity contribution in [2.45, 2.75) is 4.90 Å². The molecule has 3 heteroatoms. The van der Waals surface area contributed by atoms with Crippen LogP contribution in [0.5, 0.6) is 5.75 Å². The predicted molar refractivity (Wildman–Crippen MR) is 92.0 cm³/mol. The Balaban J connectivity index is 1.92. The number of methoxy groups -OCH3 is 1. The van der Waals surface area contributed by atoms with Gasteiger partial charge in [0.2, 0.25) is 0 Å². The first-order chi connectivity index (χ1) is 10.8. The van der Waals surface area contributed by atoms with Gasteiger partial charge in [0.1, 0.15) is 5.75 Å². The first-order valence-corrected chi connectivity index (χ1v) is 8.05. The molecule has 0 spiro atoms. The highest BCUT2D eigenvalue weighted by molar-refractivity contribution is 8.00. The van der Waals surface area contributed by atoms with Gasteiger partial charge in [-0.3, -0.25) is 4.79 Å². The van der Waals surface area contributed by atoms with Crippen molar-refractivity contribution in [3.63, 3.8) is 0 Å². The number of rotatable bonds is 5. The van der Waals surface area contributed by atoms with Crippen LogP contribution in [-0.4, -0.2) is 18.6 Å². The molecule has 110 valence electrons. The van der Waals surface area contributed by atoms with Gasteiger partial charge >= 0.3 is 0 Å². The van der Waals surface area contributed by atoms with E-state index in [0.717, 1.165) is 15.7 Å². The summed E-state index contributed by atoms with van der Waals surface area (Å²) in [4.78, 5) is 13.8. The van der Waals surface area contributed by atoms with Gasteiger partial charge in [-0.05, 0) is 29.0 Å². The van der Waals surface area contributed by atoms with Gasteiger partial charge in [-0.25, -0.2) is 0 Å². The third-order valence-corrected chi connectivity index (χ3v) is 4.51. The molecule has 0 aromatic heterocycles. The summed E-state index contributed by atoms with van der Waals surface area (Å²) in [5, 5.41) is 2.00. The Labute approximate surface area is 134 Å². The summed E-state index contributed by atoms with van der Waals surface area (Å²) in [6, 6.07) is 21.7. The van der Waals surface area contributed by atoms with E-state index >= 15 is 0 Å². The number of carbonyl (C=O) groups excluding carboxylic acids is 1. The molecule has 0 unspecified atom stereocenters. The second kappa shape index (κ2) is 6.67. The van der Waals surface area contributed by atoms with Crippen LogP contribution in [0.4, 0.5) is 0 Å². The maximum absolute atomic E-state index is 12.7. The van der Waals surface area contributed by atoms with E-state index in [1.54, 1.807) is 18.9 Å². The number of Topliss-reactive ketones (excluding diaryl/α,β-unsaturated/α-hetero) is 1. The topological polar surface area (TPSA) is 26.3 Å².